The van der Waals surface area contributed by atoms with Crippen molar-refractivity contribution in [2.45, 2.75) is 0 Å². The molecular formula is C12H14O6-2. The molecule has 1 rings (SSSR count). The van der Waals surface area contributed by atoms with E-state index in [0.29, 0.717) is 13.2 Å². The number of carbonyl (C=O) groups excluding carboxylic acids is 2. The van der Waals surface area contributed by atoms with E-state index < -0.39 is 11.9 Å². The average molecular weight is 254 g/mol. The van der Waals surface area contributed by atoms with Gasteiger partial charge in [-0.25, -0.2) is 0 Å². The highest BCUT2D eigenvalue weighted by Crippen LogP contribution is 2.05. The normalized spacial score (nSPS) is 9.22. The highest BCUT2D eigenvalue weighted by molar-refractivity contribution is 5.99. The largest absolute Gasteiger partial charge is 0.545 e. The zero-order valence-electron chi connectivity index (χ0n) is 10.2. The minimum absolute atomic E-state index is 0.363. The Hall–Kier alpha value is -1.92. The Balaban J connectivity index is 0.000000411. The van der Waals surface area contributed by atoms with Gasteiger partial charge in [0.15, 0.2) is 0 Å². The molecule has 0 aromatic heterocycles. The molecule has 0 aliphatic rings. The molecule has 1 aromatic rings. The fraction of sp³-hybridized carbons (Fsp3) is 0.333. The van der Waals surface area contributed by atoms with Crippen LogP contribution in [0.5, 0.6) is 0 Å². The first-order valence-corrected chi connectivity index (χ1v) is 5.04. The molecule has 0 saturated carbocycles. The summed E-state index contributed by atoms with van der Waals surface area (Å²) in [6, 6.07) is 5.14. The molecule has 0 aliphatic heterocycles. The molecule has 18 heavy (non-hydrogen) atoms. The quantitative estimate of drug-likeness (QED) is 0.605. The van der Waals surface area contributed by atoms with Crippen molar-refractivity contribution in [3.05, 3.63) is 35.4 Å². The first kappa shape index (κ1) is 16.1. The van der Waals surface area contributed by atoms with Crippen molar-refractivity contribution in [3.8, 4) is 0 Å². The number of methoxy groups -OCH3 is 2. The maximum Gasteiger partial charge on any atom is 0.0721 e. The molecule has 100 valence electrons. The molecule has 1 aromatic carbocycles. The molecule has 0 amide bonds. The lowest BCUT2D eigenvalue weighted by molar-refractivity contribution is -0.259. The van der Waals surface area contributed by atoms with Crippen molar-refractivity contribution in [2.75, 3.05) is 27.4 Å². The van der Waals surface area contributed by atoms with Gasteiger partial charge >= 0.3 is 0 Å². The van der Waals surface area contributed by atoms with Crippen molar-refractivity contribution in [2.24, 2.45) is 0 Å². The number of carbonyl (C=O) groups is 2. The van der Waals surface area contributed by atoms with E-state index in [4.69, 9.17) is 0 Å². The van der Waals surface area contributed by atoms with Crippen LogP contribution in [0.4, 0.5) is 0 Å². The van der Waals surface area contributed by atoms with Crippen LogP contribution in [-0.2, 0) is 9.47 Å². The van der Waals surface area contributed by atoms with Crippen LogP contribution < -0.4 is 10.2 Å². The van der Waals surface area contributed by atoms with E-state index in [-0.39, 0.29) is 11.1 Å². The molecule has 0 aliphatic carbocycles. The maximum absolute atomic E-state index is 10.3. The smallest absolute Gasteiger partial charge is 0.0721 e. The lowest BCUT2D eigenvalue weighted by atomic mass is 10.1. The Kier molecular flexibility index (Phi) is 8.17. The zero-order valence-corrected chi connectivity index (χ0v) is 10.2. The molecule has 0 radical (unpaired) electrons. The maximum atomic E-state index is 10.3. The zero-order chi connectivity index (χ0) is 14.0. The first-order chi connectivity index (χ1) is 8.54. The van der Waals surface area contributed by atoms with Gasteiger partial charge in [-0.15, -0.1) is 0 Å². The fourth-order valence-corrected chi connectivity index (χ4v) is 1.01. The number of hydrogen-bond acceptors (Lipinski definition) is 6. The van der Waals surface area contributed by atoms with Gasteiger partial charge in [0.25, 0.3) is 0 Å². The van der Waals surface area contributed by atoms with Crippen LogP contribution in [-0.4, -0.2) is 39.4 Å². The van der Waals surface area contributed by atoms with Gasteiger partial charge in [0.2, 0.25) is 0 Å². The lowest BCUT2D eigenvalue weighted by Crippen LogP contribution is -2.29. The number of hydrogen-bond donors (Lipinski definition) is 0. The van der Waals surface area contributed by atoms with Crippen molar-refractivity contribution in [1.82, 2.24) is 0 Å². The summed E-state index contributed by atoms with van der Waals surface area (Å²) in [4.78, 5) is 20.6. The number of carboxylic acid groups (broad SMARTS) is 2. The monoisotopic (exact) mass is 254 g/mol. The SMILES string of the molecule is COCCOC.O=C([O-])c1ccccc1C(=O)[O-]. The van der Waals surface area contributed by atoms with Crippen LogP contribution in [0.25, 0.3) is 0 Å². The number of benzene rings is 1. The second kappa shape index (κ2) is 9.15. The summed E-state index contributed by atoms with van der Waals surface area (Å²) in [6.07, 6.45) is 0. The van der Waals surface area contributed by atoms with Crippen LogP contribution in [0.2, 0.25) is 0 Å². The Morgan fingerprint density at radius 3 is 1.50 bits per heavy atom. The first-order valence-electron chi connectivity index (χ1n) is 5.04. The third-order valence-corrected chi connectivity index (χ3v) is 1.86. The van der Waals surface area contributed by atoms with Gasteiger partial charge in [0.1, 0.15) is 0 Å². The summed E-state index contributed by atoms with van der Waals surface area (Å²) in [7, 11) is 3.30. The molecule has 0 unspecified atom stereocenters. The summed E-state index contributed by atoms with van der Waals surface area (Å²) in [5, 5.41) is 20.6. The Labute approximate surface area is 105 Å². The third-order valence-electron chi connectivity index (χ3n) is 1.86. The van der Waals surface area contributed by atoms with Crippen LogP contribution >= 0.6 is 0 Å². The summed E-state index contributed by atoms with van der Waals surface area (Å²) >= 11 is 0. The van der Waals surface area contributed by atoms with Gasteiger partial charge in [-0.1, -0.05) is 24.3 Å². The van der Waals surface area contributed by atoms with Gasteiger partial charge < -0.3 is 29.3 Å². The molecule has 6 nitrogen and oxygen atoms in total. The molecule has 0 N–H and O–H groups in total. The van der Waals surface area contributed by atoms with Gasteiger partial charge in [-0.05, 0) is 0 Å². The van der Waals surface area contributed by atoms with Crippen LogP contribution in [0, 0.1) is 0 Å². The van der Waals surface area contributed by atoms with E-state index in [1.54, 1.807) is 14.2 Å². The van der Waals surface area contributed by atoms with E-state index in [2.05, 4.69) is 9.47 Å². The molecule has 0 saturated heterocycles. The summed E-state index contributed by atoms with van der Waals surface area (Å²) in [6.45, 7) is 1.38. The lowest BCUT2D eigenvalue weighted by Gasteiger charge is -2.09. The van der Waals surface area contributed by atoms with Gasteiger partial charge in [-0.2, -0.15) is 0 Å². The highest BCUT2D eigenvalue weighted by atomic mass is 16.5. The van der Waals surface area contributed by atoms with Crippen molar-refractivity contribution >= 4 is 11.9 Å². The predicted molar refractivity (Wildman–Crippen MR) is 58.9 cm³/mol. The van der Waals surface area contributed by atoms with Crippen LogP contribution in [0.15, 0.2) is 24.3 Å². The summed E-state index contributed by atoms with van der Waals surface area (Å²) < 4.78 is 9.31. The average Bonchev–Trinajstić information content (AvgIpc) is 2.37. The fourth-order valence-electron chi connectivity index (χ4n) is 1.01. The standard InChI is InChI=1S/C8H6O4.C4H10O2/c9-7(10)5-3-1-2-4-6(5)8(11)12;1-5-3-4-6-2/h1-4H,(H,9,10)(H,11,12);3-4H2,1-2H3/p-2. The Morgan fingerprint density at radius 1 is 0.944 bits per heavy atom. The topological polar surface area (TPSA) is 98.7 Å². The molecule has 6 heteroatoms. The van der Waals surface area contributed by atoms with Crippen LogP contribution in [0.1, 0.15) is 20.7 Å². The molecule has 0 spiro atoms. The van der Waals surface area contributed by atoms with Crippen LogP contribution in [0.3, 0.4) is 0 Å². The van der Waals surface area contributed by atoms with Gasteiger partial charge in [-0.3, -0.25) is 0 Å². The molecule has 0 bridgehead atoms. The third kappa shape index (κ3) is 5.97. The van der Waals surface area contributed by atoms with Gasteiger partial charge in [0.05, 0.1) is 25.2 Å². The molecule has 0 heterocycles. The second-order valence-corrected chi connectivity index (χ2v) is 3.11. The van der Waals surface area contributed by atoms with E-state index >= 15 is 0 Å². The number of ether oxygens (including phenoxy) is 2. The van der Waals surface area contributed by atoms with E-state index in [9.17, 15) is 19.8 Å². The number of carboxylic acids is 2. The van der Waals surface area contributed by atoms with E-state index in [1.807, 2.05) is 0 Å². The summed E-state index contributed by atoms with van der Waals surface area (Å²) in [5.41, 5.74) is -0.727. The molecule has 0 atom stereocenters. The molecular weight excluding hydrogens is 240 g/mol. The van der Waals surface area contributed by atoms with Gasteiger partial charge in [0, 0.05) is 25.3 Å². The predicted octanol–water partition coefficient (Wildman–Crippen LogP) is -1.31. The second-order valence-electron chi connectivity index (χ2n) is 3.11. The molecule has 0 fully saturated rings. The number of rotatable bonds is 5. The van der Waals surface area contributed by atoms with E-state index in [1.165, 1.54) is 12.1 Å². The Morgan fingerprint density at radius 2 is 1.28 bits per heavy atom. The van der Waals surface area contributed by atoms with Crippen molar-refractivity contribution in [3.63, 3.8) is 0 Å². The summed E-state index contributed by atoms with van der Waals surface area (Å²) in [5.74, 6) is -3.04. The Bertz CT molecular complexity index is 351. The van der Waals surface area contributed by atoms with Crippen molar-refractivity contribution < 1.29 is 29.3 Å². The van der Waals surface area contributed by atoms with Crippen molar-refractivity contribution in [1.29, 1.82) is 0 Å². The highest BCUT2D eigenvalue weighted by Gasteiger charge is 2.01. The van der Waals surface area contributed by atoms with E-state index in [0.717, 1.165) is 12.1 Å². The minimum Gasteiger partial charge on any atom is -0.545 e. The minimum atomic E-state index is -1.52. The number of aromatic carboxylic acids is 2.